The number of nitrogens with one attached hydrogen (secondary N) is 2. The average molecular weight is 439 g/mol. The Hall–Kier alpha value is -3.39. The van der Waals surface area contributed by atoms with Crippen molar-refractivity contribution in [1.82, 2.24) is 19.9 Å². The quantitative estimate of drug-likeness (QED) is 0.553. The number of hydrogen-bond donors (Lipinski definition) is 2. The van der Waals surface area contributed by atoms with E-state index in [1.54, 1.807) is 29.2 Å². The van der Waals surface area contributed by atoms with E-state index in [1.807, 2.05) is 42.1 Å². The van der Waals surface area contributed by atoms with E-state index >= 15 is 0 Å². The first-order valence-electron chi connectivity index (χ1n) is 10.1. The number of nitrogens with zero attached hydrogens (tertiary/aromatic N) is 4. The zero-order chi connectivity index (χ0) is 21.8. The van der Waals surface area contributed by atoms with Crippen molar-refractivity contribution in [3.8, 4) is 5.82 Å². The largest absolute Gasteiger partial charge is 0.368 e. The third-order valence-electron chi connectivity index (χ3n) is 5.06. The molecule has 160 valence electrons. The maximum absolute atomic E-state index is 12.5. The minimum atomic E-state index is -0.371. The highest BCUT2D eigenvalue weighted by Gasteiger charge is 2.34. The van der Waals surface area contributed by atoms with Crippen LogP contribution >= 0.6 is 11.6 Å². The summed E-state index contributed by atoms with van der Waals surface area (Å²) in [5.74, 6) is 1.56. The van der Waals surface area contributed by atoms with Crippen LogP contribution in [0.15, 0.2) is 54.9 Å². The second-order valence-electron chi connectivity index (χ2n) is 7.35. The molecule has 1 saturated heterocycles. The van der Waals surface area contributed by atoms with Gasteiger partial charge in [-0.25, -0.2) is 9.97 Å². The summed E-state index contributed by atoms with van der Waals surface area (Å²) in [5, 5.41) is 6.72. The van der Waals surface area contributed by atoms with Gasteiger partial charge in [0.1, 0.15) is 17.5 Å². The van der Waals surface area contributed by atoms with Crippen LogP contribution in [-0.4, -0.2) is 46.0 Å². The number of rotatable bonds is 7. The Morgan fingerprint density at radius 2 is 1.90 bits per heavy atom. The topological polar surface area (TPSA) is 92.1 Å². The lowest BCUT2D eigenvalue weighted by Crippen LogP contribution is -2.35. The fraction of sp³-hybridized carbons (Fsp3) is 0.273. The maximum atomic E-state index is 12.5. The number of benzene rings is 1. The second-order valence-corrected chi connectivity index (χ2v) is 7.78. The van der Waals surface area contributed by atoms with E-state index in [0.717, 1.165) is 11.5 Å². The number of halogens is 1. The molecular weight excluding hydrogens is 416 g/mol. The number of hydrogen-bond acceptors (Lipinski definition) is 5. The Balaban J connectivity index is 1.27. The standard InChI is InChI=1S/C22H23ClN6O2/c1-15-26-19(13-20(27-15)28-10-2-3-11-28)24-8-9-25-22(31)16-12-21(30)29(14-16)18-6-4-17(23)5-7-18/h2-7,10-11,13,16H,8-9,12,14H2,1H3,(H,25,31)(H,24,26,27). The number of aromatic nitrogens is 3. The van der Waals surface area contributed by atoms with E-state index in [2.05, 4.69) is 20.6 Å². The zero-order valence-electron chi connectivity index (χ0n) is 17.1. The minimum absolute atomic E-state index is 0.0606. The molecule has 8 nitrogen and oxygen atoms in total. The molecule has 1 aliphatic rings. The van der Waals surface area contributed by atoms with E-state index in [1.165, 1.54) is 0 Å². The van der Waals surface area contributed by atoms with E-state index in [9.17, 15) is 9.59 Å². The van der Waals surface area contributed by atoms with Crippen LogP contribution in [0.4, 0.5) is 11.5 Å². The zero-order valence-corrected chi connectivity index (χ0v) is 17.8. The first-order chi connectivity index (χ1) is 15.0. The molecule has 1 aliphatic heterocycles. The van der Waals surface area contributed by atoms with Gasteiger partial charge in [-0.3, -0.25) is 9.59 Å². The molecule has 0 bridgehead atoms. The number of anilines is 2. The summed E-state index contributed by atoms with van der Waals surface area (Å²) in [6.07, 6.45) is 4.04. The number of aryl methyl sites for hydroxylation is 1. The van der Waals surface area contributed by atoms with E-state index < -0.39 is 0 Å². The van der Waals surface area contributed by atoms with Gasteiger partial charge in [0.15, 0.2) is 0 Å². The summed E-state index contributed by atoms with van der Waals surface area (Å²) in [5.41, 5.74) is 0.754. The second kappa shape index (κ2) is 9.18. The fourth-order valence-corrected chi connectivity index (χ4v) is 3.66. The van der Waals surface area contributed by atoms with Gasteiger partial charge in [-0.2, -0.15) is 0 Å². The Morgan fingerprint density at radius 1 is 1.16 bits per heavy atom. The monoisotopic (exact) mass is 438 g/mol. The van der Waals surface area contributed by atoms with Crippen molar-refractivity contribution in [2.75, 3.05) is 29.9 Å². The van der Waals surface area contributed by atoms with Crippen molar-refractivity contribution in [3.05, 3.63) is 65.7 Å². The predicted octanol–water partition coefficient (Wildman–Crippen LogP) is 2.81. The minimum Gasteiger partial charge on any atom is -0.368 e. The van der Waals surface area contributed by atoms with Crippen LogP contribution in [0.2, 0.25) is 5.02 Å². The van der Waals surface area contributed by atoms with Gasteiger partial charge in [0, 0.05) is 55.2 Å². The average Bonchev–Trinajstić information content (AvgIpc) is 3.41. The lowest BCUT2D eigenvalue weighted by molar-refractivity contribution is -0.126. The van der Waals surface area contributed by atoms with Crippen LogP contribution in [0, 0.1) is 12.8 Å². The molecule has 0 aliphatic carbocycles. The molecule has 2 aromatic heterocycles. The van der Waals surface area contributed by atoms with Crippen molar-refractivity contribution >= 4 is 34.9 Å². The molecule has 4 rings (SSSR count). The Bertz CT molecular complexity index is 1070. The fourth-order valence-electron chi connectivity index (χ4n) is 3.54. The Labute approximate surface area is 185 Å². The third-order valence-corrected chi connectivity index (χ3v) is 5.31. The molecule has 1 atom stereocenters. The summed E-state index contributed by atoms with van der Waals surface area (Å²) in [7, 11) is 0. The molecule has 3 aromatic rings. The summed E-state index contributed by atoms with van der Waals surface area (Å²) < 4.78 is 1.91. The van der Waals surface area contributed by atoms with Gasteiger partial charge in [-0.1, -0.05) is 11.6 Å². The first kappa shape index (κ1) is 20.9. The molecule has 2 N–H and O–H groups in total. The molecule has 1 unspecified atom stereocenters. The predicted molar refractivity (Wildman–Crippen MR) is 120 cm³/mol. The van der Waals surface area contributed by atoms with Crippen LogP contribution in [-0.2, 0) is 9.59 Å². The number of amides is 2. The lowest BCUT2D eigenvalue weighted by atomic mass is 10.1. The van der Waals surface area contributed by atoms with Crippen molar-refractivity contribution in [2.45, 2.75) is 13.3 Å². The van der Waals surface area contributed by atoms with Gasteiger partial charge in [0.2, 0.25) is 11.8 Å². The van der Waals surface area contributed by atoms with Crippen molar-refractivity contribution < 1.29 is 9.59 Å². The molecule has 9 heteroatoms. The van der Waals surface area contributed by atoms with Gasteiger partial charge >= 0.3 is 0 Å². The summed E-state index contributed by atoms with van der Waals surface area (Å²) in [6.45, 7) is 3.13. The number of carbonyl (C=O) groups is 2. The first-order valence-corrected chi connectivity index (χ1v) is 10.4. The van der Waals surface area contributed by atoms with Crippen LogP contribution in [0.3, 0.4) is 0 Å². The smallest absolute Gasteiger partial charge is 0.227 e. The Morgan fingerprint density at radius 3 is 2.65 bits per heavy atom. The molecule has 0 spiro atoms. The molecule has 1 fully saturated rings. The van der Waals surface area contributed by atoms with Gasteiger partial charge in [-0.05, 0) is 43.3 Å². The van der Waals surface area contributed by atoms with Gasteiger partial charge in [0.25, 0.3) is 0 Å². The normalized spacial score (nSPS) is 15.9. The molecule has 0 radical (unpaired) electrons. The molecule has 3 heterocycles. The van der Waals surface area contributed by atoms with Crippen LogP contribution in [0.5, 0.6) is 0 Å². The van der Waals surface area contributed by atoms with Crippen LogP contribution in [0.25, 0.3) is 5.82 Å². The van der Waals surface area contributed by atoms with Gasteiger partial charge < -0.3 is 20.1 Å². The molecule has 0 saturated carbocycles. The number of carbonyl (C=O) groups excluding carboxylic acids is 2. The van der Waals surface area contributed by atoms with Gasteiger partial charge in [0.05, 0.1) is 5.92 Å². The van der Waals surface area contributed by atoms with E-state index in [4.69, 9.17) is 11.6 Å². The maximum Gasteiger partial charge on any atom is 0.227 e. The highest BCUT2D eigenvalue weighted by molar-refractivity contribution is 6.30. The molecular formula is C22H23ClN6O2. The van der Waals surface area contributed by atoms with E-state index in [-0.39, 0.29) is 24.2 Å². The lowest BCUT2D eigenvalue weighted by Gasteiger charge is -2.17. The van der Waals surface area contributed by atoms with E-state index in [0.29, 0.717) is 36.3 Å². The Kier molecular flexibility index (Phi) is 6.18. The summed E-state index contributed by atoms with van der Waals surface area (Å²) in [4.78, 5) is 35.3. The summed E-state index contributed by atoms with van der Waals surface area (Å²) >= 11 is 5.91. The van der Waals surface area contributed by atoms with Crippen molar-refractivity contribution in [2.24, 2.45) is 5.92 Å². The van der Waals surface area contributed by atoms with Crippen molar-refractivity contribution in [1.29, 1.82) is 0 Å². The highest BCUT2D eigenvalue weighted by atomic mass is 35.5. The third kappa shape index (κ3) is 5.03. The van der Waals surface area contributed by atoms with Gasteiger partial charge in [-0.15, -0.1) is 0 Å². The SMILES string of the molecule is Cc1nc(NCCNC(=O)C2CC(=O)N(c3ccc(Cl)cc3)C2)cc(-n2cccc2)n1. The molecule has 31 heavy (non-hydrogen) atoms. The van der Waals surface area contributed by atoms with Crippen LogP contribution in [0.1, 0.15) is 12.2 Å². The van der Waals surface area contributed by atoms with Crippen LogP contribution < -0.4 is 15.5 Å². The molecule has 1 aromatic carbocycles. The van der Waals surface area contributed by atoms with Crippen molar-refractivity contribution in [3.63, 3.8) is 0 Å². The summed E-state index contributed by atoms with van der Waals surface area (Å²) in [6, 6.07) is 12.8. The molecule has 2 amide bonds. The highest BCUT2D eigenvalue weighted by Crippen LogP contribution is 2.26.